The summed E-state index contributed by atoms with van der Waals surface area (Å²) in [6.07, 6.45) is 5.29. The number of pyridine rings is 2. The van der Waals surface area contributed by atoms with Crippen LogP contribution >= 0.6 is 0 Å². The summed E-state index contributed by atoms with van der Waals surface area (Å²) in [5.74, 6) is 2.34. The molecule has 1 aliphatic rings. The Balaban J connectivity index is 1.49. The van der Waals surface area contributed by atoms with Crippen LogP contribution in [0.15, 0.2) is 85.3 Å². The van der Waals surface area contributed by atoms with Gasteiger partial charge in [0, 0.05) is 49.4 Å². The Hall–Kier alpha value is -4.30. The van der Waals surface area contributed by atoms with Crippen molar-refractivity contribution in [2.24, 2.45) is 0 Å². The minimum atomic E-state index is 0.646. The molecule has 5 heterocycles. The van der Waals surface area contributed by atoms with Crippen LogP contribution in [-0.2, 0) is 4.74 Å². The average Bonchev–Trinajstić information content (AvgIpc) is 3.34. The van der Waals surface area contributed by atoms with Gasteiger partial charge < -0.3 is 14.4 Å². The van der Waals surface area contributed by atoms with Crippen molar-refractivity contribution in [2.75, 3.05) is 31.2 Å². The topological polar surface area (TPSA) is 77.7 Å². The van der Waals surface area contributed by atoms with Crippen LogP contribution in [0.5, 0.6) is 11.5 Å². The van der Waals surface area contributed by atoms with Crippen molar-refractivity contribution >= 4 is 11.5 Å². The molecule has 0 spiro atoms. The maximum absolute atomic E-state index is 6.17. The Labute approximate surface area is 196 Å². The SMILES string of the molecule is c1ccc(Oc2cccnc2-c2cc(N3CCOCC3)n3nc(-c4ccncc4)cc3n2)cc1. The van der Waals surface area contributed by atoms with Gasteiger partial charge in [-0.05, 0) is 36.4 Å². The van der Waals surface area contributed by atoms with Crippen molar-refractivity contribution in [1.82, 2.24) is 24.6 Å². The average molecular weight is 451 g/mol. The van der Waals surface area contributed by atoms with Crippen molar-refractivity contribution in [3.8, 4) is 34.1 Å². The molecule has 0 bridgehead atoms. The number of nitrogens with zero attached hydrogens (tertiary/aromatic N) is 6. The molecule has 34 heavy (non-hydrogen) atoms. The zero-order valence-corrected chi connectivity index (χ0v) is 18.4. The molecule has 0 saturated carbocycles. The predicted octanol–water partition coefficient (Wildman–Crippen LogP) is 4.48. The third kappa shape index (κ3) is 3.95. The Morgan fingerprint density at radius 3 is 2.47 bits per heavy atom. The number of hydrogen-bond acceptors (Lipinski definition) is 7. The second kappa shape index (κ2) is 8.92. The predicted molar refractivity (Wildman–Crippen MR) is 129 cm³/mol. The minimum absolute atomic E-state index is 0.646. The number of aromatic nitrogens is 5. The van der Waals surface area contributed by atoms with E-state index in [4.69, 9.17) is 19.6 Å². The van der Waals surface area contributed by atoms with Crippen LogP contribution in [0.3, 0.4) is 0 Å². The number of anilines is 1. The molecule has 0 radical (unpaired) electrons. The monoisotopic (exact) mass is 450 g/mol. The van der Waals surface area contributed by atoms with Crippen LogP contribution in [0.1, 0.15) is 0 Å². The largest absolute Gasteiger partial charge is 0.455 e. The van der Waals surface area contributed by atoms with E-state index in [1.54, 1.807) is 18.6 Å². The Morgan fingerprint density at radius 1 is 0.824 bits per heavy atom. The first-order valence-corrected chi connectivity index (χ1v) is 11.2. The lowest BCUT2D eigenvalue weighted by Gasteiger charge is -2.29. The molecule has 0 unspecified atom stereocenters. The molecule has 8 heteroatoms. The third-order valence-corrected chi connectivity index (χ3v) is 5.70. The van der Waals surface area contributed by atoms with Gasteiger partial charge in [0.1, 0.15) is 17.3 Å². The molecule has 1 aliphatic heterocycles. The number of benzene rings is 1. The Bertz CT molecular complexity index is 1420. The molecule has 5 aromatic rings. The van der Waals surface area contributed by atoms with Crippen LogP contribution < -0.4 is 9.64 Å². The van der Waals surface area contributed by atoms with Gasteiger partial charge in [0.25, 0.3) is 0 Å². The van der Waals surface area contributed by atoms with Gasteiger partial charge in [-0.15, -0.1) is 0 Å². The van der Waals surface area contributed by atoms with Gasteiger partial charge in [-0.2, -0.15) is 9.61 Å². The molecule has 1 saturated heterocycles. The fourth-order valence-corrected chi connectivity index (χ4v) is 4.04. The zero-order chi connectivity index (χ0) is 22.7. The van der Waals surface area contributed by atoms with Gasteiger partial charge in [-0.3, -0.25) is 9.97 Å². The maximum atomic E-state index is 6.17. The normalized spacial score (nSPS) is 13.8. The Kier molecular flexibility index (Phi) is 5.33. The van der Waals surface area contributed by atoms with Gasteiger partial charge in [-0.25, -0.2) is 4.98 Å². The highest BCUT2D eigenvalue weighted by molar-refractivity contribution is 5.72. The van der Waals surface area contributed by atoms with Gasteiger partial charge in [0.05, 0.1) is 24.6 Å². The lowest BCUT2D eigenvalue weighted by molar-refractivity contribution is 0.122. The summed E-state index contributed by atoms with van der Waals surface area (Å²) in [5, 5.41) is 4.88. The van der Waals surface area contributed by atoms with E-state index in [-0.39, 0.29) is 0 Å². The highest BCUT2D eigenvalue weighted by atomic mass is 16.5. The number of para-hydroxylation sites is 1. The molecule has 0 atom stereocenters. The van der Waals surface area contributed by atoms with Gasteiger partial charge in [0.2, 0.25) is 0 Å². The lowest BCUT2D eigenvalue weighted by atomic mass is 10.2. The van der Waals surface area contributed by atoms with E-state index in [9.17, 15) is 0 Å². The zero-order valence-electron chi connectivity index (χ0n) is 18.4. The molecule has 168 valence electrons. The maximum Gasteiger partial charge on any atom is 0.158 e. The van der Waals surface area contributed by atoms with Crippen molar-refractivity contribution in [1.29, 1.82) is 0 Å². The van der Waals surface area contributed by atoms with E-state index in [1.165, 1.54) is 0 Å². The summed E-state index contributed by atoms with van der Waals surface area (Å²) in [6.45, 7) is 2.89. The van der Waals surface area contributed by atoms with E-state index >= 15 is 0 Å². The van der Waals surface area contributed by atoms with E-state index in [1.807, 2.05) is 71.2 Å². The second-order valence-electron chi connectivity index (χ2n) is 7.90. The van der Waals surface area contributed by atoms with Gasteiger partial charge in [0.15, 0.2) is 11.4 Å². The number of rotatable bonds is 5. The van der Waals surface area contributed by atoms with Crippen molar-refractivity contribution in [3.63, 3.8) is 0 Å². The molecule has 8 nitrogen and oxygen atoms in total. The fourth-order valence-electron chi connectivity index (χ4n) is 4.04. The molecular formula is C26H22N6O2. The molecule has 6 rings (SSSR count). The van der Waals surface area contributed by atoms with Crippen LogP contribution in [0.2, 0.25) is 0 Å². The fraction of sp³-hybridized carbons (Fsp3) is 0.154. The first-order chi connectivity index (χ1) is 16.8. The summed E-state index contributed by atoms with van der Waals surface area (Å²) in [4.78, 5) is 16.0. The first kappa shape index (κ1) is 20.3. The Morgan fingerprint density at radius 2 is 1.65 bits per heavy atom. The van der Waals surface area contributed by atoms with E-state index in [2.05, 4.69) is 14.9 Å². The smallest absolute Gasteiger partial charge is 0.158 e. The van der Waals surface area contributed by atoms with Crippen LogP contribution in [0, 0.1) is 0 Å². The molecule has 1 aromatic carbocycles. The van der Waals surface area contributed by atoms with E-state index < -0.39 is 0 Å². The lowest BCUT2D eigenvalue weighted by Crippen LogP contribution is -2.37. The molecule has 4 aromatic heterocycles. The first-order valence-electron chi connectivity index (χ1n) is 11.2. The molecule has 0 amide bonds. The van der Waals surface area contributed by atoms with Crippen molar-refractivity contribution < 1.29 is 9.47 Å². The van der Waals surface area contributed by atoms with E-state index in [0.29, 0.717) is 24.7 Å². The second-order valence-corrected chi connectivity index (χ2v) is 7.90. The third-order valence-electron chi connectivity index (χ3n) is 5.70. The summed E-state index contributed by atoms with van der Waals surface area (Å²) in [6, 6.07) is 21.4. The summed E-state index contributed by atoms with van der Waals surface area (Å²) >= 11 is 0. The number of hydrogen-bond donors (Lipinski definition) is 0. The minimum Gasteiger partial charge on any atom is -0.455 e. The number of morpholine rings is 1. The number of ether oxygens (including phenoxy) is 2. The van der Waals surface area contributed by atoms with Crippen LogP contribution in [0.25, 0.3) is 28.3 Å². The quantitative estimate of drug-likeness (QED) is 0.391. The van der Waals surface area contributed by atoms with Crippen molar-refractivity contribution in [3.05, 3.63) is 85.3 Å². The summed E-state index contributed by atoms with van der Waals surface area (Å²) < 4.78 is 13.6. The van der Waals surface area contributed by atoms with Gasteiger partial charge in [-0.1, -0.05) is 18.2 Å². The van der Waals surface area contributed by atoms with E-state index in [0.717, 1.165) is 47.3 Å². The molecular weight excluding hydrogens is 428 g/mol. The molecule has 1 fully saturated rings. The van der Waals surface area contributed by atoms with Crippen LogP contribution in [0.4, 0.5) is 5.82 Å². The summed E-state index contributed by atoms with van der Waals surface area (Å²) in [7, 11) is 0. The van der Waals surface area contributed by atoms with Crippen LogP contribution in [-0.4, -0.2) is 50.9 Å². The standard InChI is InChI=1S/C26H22N6O2/c1-2-5-20(6-3-1)34-23-7-4-10-28-26(23)22-18-25(31-13-15-33-16-14-31)32-24(29-22)17-21(30-32)19-8-11-27-12-9-19/h1-12,17-18H,13-16H2. The molecule has 0 N–H and O–H groups in total. The summed E-state index contributed by atoms with van der Waals surface area (Å²) in [5.41, 5.74) is 3.96. The highest BCUT2D eigenvalue weighted by Gasteiger charge is 2.20. The molecule has 0 aliphatic carbocycles. The number of fused-ring (bicyclic) bond motifs is 1. The van der Waals surface area contributed by atoms with Crippen molar-refractivity contribution in [2.45, 2.75) is 0 Å². The van der Waals surface area contributed by atoms with Gasteiger partial charge >= 0.3 is 0 Å². The highest BCUT2D eigenvalue weighted by Crippen LogP contribution is 2.33.